The molecular formula is C32H32NO+. The molecule has 1 aliphatic carbocycles. The molecule has 0 saturated heterocycles. The average Bonchev–Trinajstić information content (AvgIpc) is 3.27. The number of aryl methyl sites for hydroxylation is 2. The molecule has 0 spiro atoms. The quantitative estimate of drug-likeness (QED) is 0.253. The van der Waals surface area contributed by atoms with Gasteiger partial charge in [0, 0.05) is 35.7 Å². The summed E-state index contributed by atoms with van der Waals surface area (Å²) in [6.45, 7) is 11.0. The van der Waals surface area contributed by atoms with Gasteiger partial charge in [-0.05, 0) is 40.5 Å². The maximum Gasteiger partial charge on any atom is 0.216 e. The van der Waals surface area contributed by atoms with Gasteiger partial charge in [0.25, 0.3) is 0 Å². The summed E-state index contributed by atoms with van der Waals surface area (Å²) in [7, 11) is 2.07. The van der Waals surface area contributed by atoms with Crippen molar-refractivity contribution in [1.29, 1.82) is 0 Å². The Morgan fingerprint density at radius 2 is 1.41 bits per heavy atom. The smallest absolute Gasteiger partial charge is 0.216 e. The van der Waals surface area contributed by atoms with Crippen LogP contribution in [0, 0.1) is 6.92 Å². The number of rotatable bonds is 2. The van der Waals surface area contributed by atoms with Crippen LogP contribution < -0.4 is 4.57 Å². The Hall–Kier alpha value is -3.39. The standard InChI is InChI=1S/C32H32NO/c1-20-17-18-22-21-12-11-13-23(28(21)34-29(22)27(20)26-16-9-10-19-33(26)6)30-31(2,3)24-14-7-8-15-25(24)32(30,4)5/h7-19,30H,1-6H3/q+1/i30D. The summed E-state index contributed by atoms with van der Waals surface area (Å²) in [6, 6.07) is 25.5. The second kappa shape index (κ2) is 7.06. The molecule has 0 amide bonds. The van der Waals surface area contributed by atoms with Gasteiger partial charge >= 0.3 is 0 Å². The number of hydrogen-bond acceptors (Lipinski definition) is 1. The number of hydrogen-bond donors (Lipinski definition) is 0. The van der Waals surface area contributed by atoms with Crippen LogP contribution in [0.5, 0.6) is 0 Å². The van der Waals surface area contributed by atoms with Crippen LogP contribution in [-0.2, 0) is 17.9 Å². The van der Waals surface area contributed by atoms with Gasteiger partial charge in [0.1, 0.15) is 18.2 Å². The lowest BCUT2D eigenvalue weighted by Gasteiger charge is -2.36. The third-order valence-corrected chi connectivity index (χ3v) is 7.98. The summed E-state index contributed by atoms with van der Waals surface area (Å²) in [5.74, 6) is -0.913. The number of aromatic nitrogens is 1. The molecule has 0 saturated carbocycles. The van der Waals surface area contributed by atoms with Crippen molar-refractivity contribution in [2.24, 2.45) is 7.05 Å². The fraction of sp³-hybridized carbons (Fsp3) is 0.281. The molecule has 2 aromatic heterocycles. The molecule has 6 rings (SSSR count). The van der Waals surface area contributed by atoms with E-state index in [0.717, 1.165) is 38.8 Å². The fourth-order valence-corrected chi connectivity index (χ4v) is 6.56. The minimum Gasteiger partial charge on any atom is -0.455 e. The lowest BCUT2D eigenvalue weighted by atomic mass is 9.66. The highest BCUT2D eigenvalue weighted by Crippen LogP contribution is 2.59. The summed E-state index contributed by atoms with van der Waals surface area (Å²) in [4.78, 5) is 0. The van der Waals surface area contributed by atoms with Crippen LogP contribution in [0.4, 0.5) is 0 Å². The molecule has 34 heavy (non-hydrogen) atoms. The Morgan fingerprint density at radius 3 is 2.09 bits per heavy atom. The predicted octanol–water partition coefficient (Wildman–Crippen LogP) is 7.74. The van der Waals surface area contributed by atoms with E-state index < -0.39 is 16.7 Å². The van der Waals surface area contributed by atoms with Crippen molar-refractivity contribution >= 4 is 21.9 Å². The Bertz CT molecular complexity index is 1600. The number of benzene rings is 3. The summed E-state index contributed by atoms with van der Waals surface area (Å²) < 4.78 is 19.2. The summed E-state index contributed by atoms with van der Waals surface area (Å²) in [5.41, 5.74) is 7.79. The van der Waals surface area contributed by atoms with Crippen molar-refractivity contribution in [1.82, 2.24) is 0 Å². The Morgan fingerprint density at radius 1 is 0.765 bits per heavy atom. The van der Waals surface area contributed by atoms with E-state index in [4.69, 9.17) is 4.42 Å². The average molecular weight is 448 g/mol. The van der Waals surface area contributed by atoms with E-state index in [1.54, 1.807) is 0 Å². The highest BCUT2D eigenvalue weighted by Gasteiger charge is 2.52. The Kier molecular flexibility index (Phi) is 4.16. The summed E-state index contributed by atoms with van der Waals surface area (Å²) in [5, 5.41) is 2.17. The van der Waals surface area contributed by atoms with E-state index in [0.29, 0.717) is 0 Å². The highest BCUT2D eigenvalue weighted by atomic mass is 16.3. The third kappa shape index (κ3) is 2.72. The van der Waals surface area contributed by atoms with Crippen LogP contribution in [0.1, 0.15) is 57.2 Å². The van der Waals surface area contributed by atoms with Gasteiger partial charge in [-0.3, -0.25) is 0 Å². The molecule has 3 aromatic carbocycles. The second-order valence-electron chi connectivity index (χ2n) is 10.8. The zero-order chi connectivity index (χ0) is 24.8. The minimum absolute atomic E-state index is 0.398. The molecular weight excluding hydrogens is 414 g/mol. The first-order chi connectivity index (χ1) is 16.6. The number of furan rings is 1. The van der Waals surface area contributed by atoms with Crippen LogP contribution in [0.2, 0.25) is 0 Å². The van der Waals surface area contributed by atoms with Crippen molar-refractivity contribution in [3.05, 3.63) is 101 Å². The molecule has 0 bridgehead atoms. The van der Waals surface area contributed by atoms with E-state index in [1.807, 2.05) is 6.07 Å². The van der Waals surface area contributed by atoms with Gasteiger partial charge in [-0.15, -0.1) is 0 Å². The molecule has 5 aromatic rings. The molecule has 2 nitrogen and oxygen atoms in total. The van der Waals surface area contributed by atoms with Gasteiger partial charge in [-0.2, -0.15) is 0 Å². The van der Waals surface area contributed by atoms with Crippen molar-refractivity contribution in [3.63, 3.8) is 0 Å². The lowest BCUT2D eigenvalue weighted by Crippen LogP contribution is -2.31. The van der Waals surface area contributed by atoms with Gasteiger partial charge in [0.05, 0.1) is 5.56 Å². The third-order valence-electron chi connectivity index (χ3n) is 7.98. The van der Waals surface area contributed by atoms with E-state index in [1.165, 1.54) is 16.7 Å². The van der Waals surface area contributed by atoms with Gasteiger partial charge in [-0.25, -0.2) is 4.57 Å². The second-order valence-corrected chi connectivity index (χ2v) is 10.8. The first kappa shape index (κ1) is 20.0. The molecule has 0 fully saturated rings. The molecule has 0 aliphatic heterocycles. The fourth-order valence-electron chi connectivity index (χ4n) is 6.56. The number of fused-ring (bicyclic) bond motifs is 4. The molecule has 0 radical (unpaired) electrons. The van der Waals surface area contributed by atoms with E-state index >= 15 is 0 Å². The van der Waals surface area contributed by atoms with Crippen LogP contribution in [-0.4, -0.2) is 0 Å². The van der Waals surface area contributed by atoms with Crippen LogP contribution in [0.3, 0.4) is 0 Å². The van der Waals surface area contributed by atoms with Crippen LogP contribution >= 0.6 is 0 Å². The van der Waals surface area contributed by atoms with E-state index in [-0.39, 0.29) is 0 Å². The zero-order valence-corrected chi connectivity index (χ0v) is 20.9. The SMILES string of the molecule is [2H]C1(c2cccc3c2oc2c(-c4cccc[n+]4C)c(C)ccc23)C(C)(C)c2ccccc2C1(C)C. The minimum atomic E-state index is -0.913. The predicted molar refractivity (Wildman–Crippen MR) is 140 cm³/mol. The summed E-state index contributed by atoms with van der Waals surface area (Å²) >= 11 is 0. The maximum atomic E-state index is 10.2. The van der Waals surface area contributed by atoms with E-state index in [9.17, 15) is 1.37 Å². The lowest BCUT2D eigenvalue weighted by molar-refractivity contribution is -0.660. The Labute approximate surface area is 203 Å². The monoisotopic (exact) mass is 447 g/mol. The molecule has 0 unspecified atom stereocenters. The first-order valence-electron chi connectivity index (χ1n) is 12.6. The first-order valence-corrected chi connectivity index (χ1v) is 12.1. The molecule has 1 aliphatic rings. The molecule has 2 heterocycles. The van der Waals surface area contributed by atoms with Gasteiger partial charge in [-0.1, -0.05) is 82.3 Å². The van der Waals surface area contributed by atoms with Crippen molar-refractivity contribution in [3.8, 4) is 11.3 Å². The van der Waals surface area contributed by atoms with Crippen LogP contribution in [0.15, 0.2) is 83.4 Å². The van der Waals surface area contributed by atoms with Gasteiger partial charge in [0.2, 0.25) is 5.69 Å². The topological polar surface area (TPSA) is 17.0 Å². The van der Waals surface area contributed by atoms with Gasteiger partial charge < -0.3 is 4.42 Å². The molecule has 0 N–H and O–H groups in total. The zero-order valence-electron chi connectivity index (χ0n) is 21.9. The maximum absolute atomic E-state index is 10.2. The summed E-state index contributed by atoms with van der Waals surface area (Å²) in [6.07, 6.45) is 2.07. The van der Waals surface area contributed by atoms with Crippen molar-refractivity contribution in [2.75, 3.05) is 0 Å². The van der Waals surface area contributed by atoms with Gasteiger partial charge in [0.15, 0.2) is 6.20 Å². The number of pyridine rings is 1. The largest absolute Gasteiger partial charge is 0.455 e. The molecule has 170 valence electrons. The van der Waals surface area contributed by atoms with Crippen molar-refractivity contribution in [2.45, 2.75) is 51.3 Å². The number of nitrogens with zero attached hydrogens (tertiary/aromatic N) is 1. The van der Waals surface area contributed by atoms with Crippen molar-refractivity contribution < 1.29 is 10.4 Å². The molecule has 0 atom stereocenters. The highest BCUT2D eigenvalue weighted by molar-refractivity contribution is 6.10. The normalized spacial score (nSPS) is 18.2. The van der Waals surface area contributed by atoms with Crippen LogP contribution in [0.25, 0.3) is 33.2 Å². The number of para-hydroxylation sites is 1. The Balaban J connectivity index is 1.71. The molecule has 2 heteroatoms. The van der Waals surface area contributed by atoms with E-state index in [2.05, 4.69) is 119 Å².